The Morgan fingerprint density at radius 3 is 2.35 bits per heavy atom. The number of pyridine rings is 1. The molecule has 0 saturated carbocycles. The number of rotatable bonds is 4. The second-order valence-electron chi connectivity index (χ2n) is 4.36. The van der Waals surface area contributed by atoms with Crippen molar-refractivity contribution in [1.29, 1.82) is 0 Å². The summed E-state index contributed by atoms with van der Waals surface area (Å²) >= 11 is 12.1. The molecule has 1 rings (SSSR count). The zero-order valence-corrected chi connectivity index (χ0v) is 12.0. The van der Waals surface area contributed by atoms with Gasteiger partial charge in [-0.05, 0) is 18.9 Å². The summed E-state index contributed by atoms with van der Waals surface area (Å²) in [4.78, 5) is 6.34. The van der Waals surface area contributed by atoms with E-state index in [2.05, 4.69) is 31.2 Å². The van der Waals surface area contributed by atoms with Crippen LogP contribution in [0.25, 0.3) is 0 Å². The van der Waals surface area contributed by atoms with Gasteiger partial charge in [-0.25, -0.2) is 10.8 Å². The highest BCUT2D eigenvalue weighted by Crippen LogP contribution is 2.32. The second kappa shape index (κ2) is 5.76. The third-order valence-corrected chi connectivity index (χ3v) is 3.52. The highest BCUT2D eigenvalue weighted by Gasteiger charge is 2.19. The summed E-state index contributed by atoms with van der Waals surface area (Å²) in [5.41, 5.74) is 2.46. The van der Waals surface area contributed by atoms with Crippen molar-refractivity contribution >= 4 is 34.8 Å². The molecule has 1 aromatic heterocycles. The van der Waals surface area contributed by atoms with Crippen molar-refractivity contribution in [3.8, 4) is 0 Å². The van der Waals surface area contributed by atoms with Crippen molar-refractivity contribution in [2.75, 3.05) is 17.4 Å². The Morgan fingerprint density at radius 1 is 1.29 bits per heavy atom. The van der Waals surface area contributed by atoms with Crippen LogP contribution in [0, 0.1) is 5.92 Å². The smallest absolute Gasteiger partial charge is 0.161 e. The van der Waals surface area contributed by atoms with E-state index >= 15 is 0 Å². The SMILES string of the molecule is CC(C)C(C)N(C)c1nc(NN)c(Cl)cc1Cl. The molecule has 1 heterocycles. The number of nitrogen functional groups attached to an aromatic ring is 1. The highest BCUT2D eigenvalue weighted by molar-refractivity contribution is 6.37. The van der Waals surface area contributed by atoms with E-state index in [0.717, 1.165) is 0 Å². The van der Waals surface area contributed by atoms with E-state index in [1.165, 1.54) is 0 Å². The van der Waals surface area contributed by atoms with Crippen LogP contribution in [0.15, 0.2) is 6.07 Å². The molecule has 0 saturated heterocycles. The van der Waals surface area contributed by atoms with Gasteiger partial charge in [0.05, 0.1) is 10.0 Å². The topological polar surface area (TPSA) is 54.2 Å². The minimum Gasteiger partial charge on any atom is -0.355 e. The number of hydrazine groups is 1. The summed E-state index contributed by atoms with van der Waals surface area (Å²) in [5, 5.41) is 0.927. The first-order valence-corrected chi connectivity index (χ1v) is 6.19. The fraction of sp³-hybridized carbons (Fsp3) is 0.545. The molecule has 4 nitrogen and oxygen atoms in total. The molecule has 17 heavy (non-hydrogen) atoms. The van der Waals surface area contributed by atoms with E-state index in [-0.39, 0.29) is 0 Å². The van der Waals surface area contributed by atoms with Gasteiger partial charge in [0.15, 0.2) is 5.82 Å². The molecular weight excluding hydrogens is 259 g/mol. The average molecular weight is 277 g/mol. The van der Waals surface area contributed by atoms with Crippen molar-refractivity contribution in [3.63, 3.8) is 0 Å². The zero-order valence-electron chi connectivity index (χ0n) is 10.5. The molecular formula is C11H18Cl2N4. The highest BCUT2D eigenvalue weighted by atomic mass is 35.5. The Hall–Kier alpha value is -0.710. The standard InChI is InChI=1S/C11H18Cl2N4/c1-6(2)7(3)17(4)11-9(13)5-8(12)10(15-11)16-14/h5-7H,14H2,1-4H3,(H,15,16). The van der Waals surface area contributed by atoms with Gasteiger partial charge in [0, 0.05) is 13.1 Å². The summed E-state index contributed by atoms with van der Waals surface area (Å²) in [7, 11) is 1.95. The molecule has 0 aliphatic heterocycles. The van der Waals surface area contributed by atoms with Gasteiger partial charge in [-0.3, -0.25) is 0 Å². The lowest BCUT2D eigenvalue weighted by atomic mass is 10.1. The molecule has 0 fully saturated rings. The molecule has 6 heteroatoms. The number of nitrogens with two attached hydrogens (primary N) is 1. The summed E-state index contributed by atoms with van der Waals surface area (Å²) < 4.78 is 0. The maximum absolute atomic E-state index is 6.14. The lowest BCUT2D eigenvalue weighted by Crippen LogP contribution is -2.34. The van der Waals surface area contributed by atoms with Crippen molar-refractivity contribution in [2.45, 2.75) is 26.8 Å². The van der Waals surface area contributed by atoms with Gasteiger partial charge < -0.3 is 10.3 Å². The molecule has 1 aromatic rings. The van der Waals surface area contributed by atoms with Crippen LogP contribution in [0.3, 0.4) is 0 Å². The molecule has 3 N–H and O–H groups in total. The van der Waals surface area contributed by atoms with Crippen LogP contribution >= 0.6 is 23.2 Å². The Morgan fingerprint density at radius 2 is 1.88 bits per heavy atom. The van der Waals surface area contributed by atoms with Crippen molar-refractivity contribution in [1.82, 2.24) is 4.98 Å². The predicted molar refractivity (Wildman–Crippen MR) is 74.8 cm³/mol. The molecule has 0 aliphatic carbocycles. The van der Waals surface area contributed by atoms with Gasteiger partial charge in [0.1, 0.15) is 5.82 Å². The normalized spacial score (nSPS) is 12.7. The van der Waals surface area contributed by atoms with Crippen LogP contribution in [0.4, 0.5) is 11.6 Å². The molecule has 0 aromatic carbocycles. The van der Waals surface area contributed by atoms with Crippen LogP contribution in [-0.4, -0.2) is 18.1 Å². The summed E-state index contributed by atoms with van der Waals surface area (Å²) in [5.74, 6) is 6.93. The maximum Gasteiger partial charge on any atom is 0.161 e. The van der Waals surface area contributed by atoms with E-state index in [1.54, 1.807) is 6.07 Å². The zero-order chi connectivity index (χ0) is 13.2. The van der Waals surface area contributed by atoms with Gasteiger partial charge in [-0.1, -0.05) is 37.0 Å². The number of anilines is 2. The van der Waals surface area contributed by atoms with Gasteiger partial charge >= 0.3 is 0 Å². The summed E-state index contributed by atoms with van der Waals surface area (Å²) in [6.45, 7) is 6.41. The average Bonchev–Trinajstić information content (AvgIpc) is 2.27. The van der Waals surface area contributed by atoms with Gasteiger partial charge in [0.2, 0.25) is 0 Å². The second-order valence-corrected chi connectivity index (χ2v) is 5.18. The monoisotopic (exact) mass is 276 g/mol. The number of halogens is 2. The Labute approximate surface area is 112 Å². The third kappa shape index (κ3) is 3.15. The van der Waals surface area contributed by atoms with Crippen molar-refractivity contribution in [2.24, 2.45) is 11.8 Å². The maximum atomic E-state index is 6.14. The number of aromatic nitrogens is 1. The van der Waals surface area contributed by atoms with E-state index in [1.807, 2.05) is 11.9 Å². The van der Waals surface area contributed by atoms with Crippen LogP contribution in [0.5, 0.6) is 0 Å². The molecule has 0 radical (unpaired) electrons. The predicted octanol–water partition coefficient (Wildman–Crippen LogP) is 3.15. The first-order chi connectivity index (χ1) is 7.88. The van der Waals surface area contributed by atoms with Crippen molar-refractivity contribution < 1.29 is 0 Å². The first kappa shape index (κ1) is 14.4. The third-order valence-electron chi connectivity index (χ3n) is 2.96. The lowest BCUT2D eigenvalue weighted by Gasteiger charge is -2.30. The van der Waals surface area contributed by atoms with E-state index < -0.39 is 0 Å². The minimum absolute atomic E-state index is 0.312. The summed E-state index contributed by atoms with van der Waals surface area (Å²) in [6, 6.07) is 1.95. The Kier molecular flexibility index (Phi) is 4.86. The van der Waals surface area contributed by atoms with E-state index in [9.17, 15) is 0 Å². The molecule has 0 bridgehead atoms. The Balaban J connectivity index is 3.13. The van der Waals surface area contributed by atoms with Gasteiger partial charge in [-0.15, -0.1) is 0 Å². The van der Waals surface area contributed by atoms with Crippen molar-refractivity contribution in [3.05, 3.63) is 16.1 Å². The van der Waals surface area contributed by atoms with Crippen LogP contribution in [0.1, 0.15) is 20.8 Å². The molecule has 1 atom stereocenters. The van der Waals surface area contributed by atoms with Crippen LogP contribution in [-0.2, 0) is 0 Å². The number of hydrogen-bond donors (Lipinski definition) is 2. The van der Waals surface area contributed by atoms with E-state index in [4.69, 9.17) is 29.0 Å². The Bertz CT molecular complexity index is 395. The molecule has 96 valence electrons. The van der Waals surface area contributed by atoms with Crippen LogP contribution < -0.4 is 16.2 Å². The molecule has 0 amide bonds. The number of nitrogens with zero attached hydrogens (tertiary/aromatic N) is 2. The molecule has 0 aliphatic rings. The fourth-order valence-electron chi connectivity index (χ4n) is 1.45. The minimum atomic E-state index is 0.312. The van der Waals surface area contributed by atoms with Crippen LogP contribution in [0.2, 0.25) is 10.0 Å². The number of nitrogens with one attached hydrogen (secondary N) is 1. The molecule has 0 spiro atoms. The fourth-order valence-corrected chi connectivity index (χ4v) is 1.99. The number of hydrogen-bond acceptors (Lipinski definition) is 4. The lowest BCUT2D eigenvalue weighted by molar-refractivity contribution is 0.503. The van der Waals surface area contributed by atoms with Gasteiger partial charge in [0.25, 0.3) is 0 Å². The largest absolute Gasteiger partial charge is 0.355 e. The first-order valence-electron chi connectivity index (χ1n) is 5.44. The summed E-state index contributed by atoms with van der Waals surface area (Å²) in [6.07, 6.45) is 0. The van der Waals surface area contributed by atoms with E-state index in [0.29, 0.717) is 33.6 Å². The van der Waals surface area contributed by atoms with Gasteiger partial charge in [-0.2, -0.15) is 0 Å². The molecule has 1 unspecified atom stereocenters. The quantitative estimate of drug-likeness (QED) is 0.655.